The third-order valence-electron chi connectivity index (χ3n) is 8.58. The summed E-state index contributed by atoms with van der Waals surface area (Å²) in [6, 6.07) is 7.60. The molecule has 2 aliphatic heterocycles. The summed E-state index contributed by atoms with van der Waals surface area (Å²) in [4.78, 5) is 39.9. The van der Waals surface area contributed by atoms with Gasteiger partial charge in [0.05, 0.1) is 39.0 Å². The van der Waals surface area contributed by atoms with Crippen molar-refractivity contribution in [3.8, 4) is 22.6 Å². The Morgan fingerprint density at radius 3 is 2.75 bits per heavy atom. The number of rotatable bonds is 4. The van der Waals surface area contributed by atoms with E-state index in [1.54, 1.807) is 29.3 Å². The van der Waals surface area contributed by atoms with Gasteiger partial charge in [-0.3, -0.25) is 14.3 Å². The lowest BCUT2D eigenvalue weighted by Gasteiger charge is -2.47. The minimum absolute atomic E-state index is 0.0320. The summed E-state index contributed by atoms with van der Waals surface area (Å²) in [6.07, 6.45) is 3.56. The lowest BCUT2D eigenvalue weighted by Crippen LogP contribution is -2.60. The number of carbonyl (C=O) groups is 1. The van der Waals surface area contributed by atoms with Gasteiger partial charge in [0, 0.05) is 43.0 Å². The van der Waals surface area contributed by atoms with Crippen LogP contribution in [0.4, 0.5) is 15.9 Å². The molecular weight excluding hydrogens is 583 g/mol. The average molecular weight is 617 g/mol. The second-order valence-corrected chi connectivity index (χ2v) is 12.2. The van der Waals surface area contributed by atoms with Crippen LogP contribution in [0.25, 0.3) is 27.7 Å². The highest BCUT2D eigenvalue weighted by Crippen LogP contribution is 2.45. The molecule has 11 heteroatoms. The van der Waals surface area contributed by atoms with E-state index in [0.29, 0.717) is 54.2 Å². The fraction of sp³-hybridized carbons (Fsp3) is 0.333. The highest BCUT2D eigenvalue weighted by atomic mass is 35.5. The molecule has 0 radical (unpaired) electrons. The predicted octanol–water partition coefficient (Wildman–Crippen LogP) is 5.78. The number of pyridine rings is 1. The molecule has 1 saturated heterocycles. The van der Waals surface area contributed by atoms with E-state index in [-0.39, 0.29) is 51.5 Å². The molecule has 2 aromatic heterocycles. The number of nitrogens with one attached hydrogen (secondary N) is 1. The molecule has 0 saturated carbocycles. The first-order valence-electron chi connectivity index (χ1n) is 14.7. The zero-order valence-electron chi connectivity index (χ0n) is 25.1. The van der Waals surface area contributed by atoms with Gasteiger partial charge in [-0.05, 0) is 62.1 Å². The molecule has 2 atom stereocenters. The Morgan fingerprint density at radius 1 is 1.27 bits per heavy atom. The average Bonchev–Trinajstić information content (AvgIpc) is 2.97. The van der Waals surface area contributed by atoms with E-state index >= 15 is 4.39 Å². The first-order valence-corrected chi connectivity index (χ1v) is 15.1. The Kier molecular flexibility index (Phi) is 7.57. The standard InChI is InChI=1S/C33H34ClFN6O3/c1-6-25(43)39-15-19(5)40-20(16-39)11-13-37-30-27-23(14-21(28(30)35)26-22(34)8-7-9-24(26)42)41(33(44)38-32(27)40)31-18(4)10-12-36-29(31)17(2)3/h6-10,12,14,17,19-20,37,42H,1,11,13,15-16H2,2-5H3. The van der Waals surface area contributed by atoms with Gasteiger partial charge in [0.25, 0.3) is 0 Å². The second-order valence-electron chi connectivity index (χ2n) is 11.8. The van der Waals surface area contributed by atoms with Gasteiger partial charge >= 0.3 is 5.69 Å². The summed E-state index contributed by atoms with van der Waals surface area (Å²) < 4.78 is 18.3. The van der Waals surface area contributed by atoms with Crippen molar-refractivity contribution in [3.63, 3.8) is 0 Å². The first-order chi connectivity index (χ1) is 21.0. The van der Waals surface area contributed by atoms with Crippen molar-refractivity contribution in [2.24, 2.45) is 0 Å². The minimum Gasteiger partial charge on any atom is -0.507 e. The molecule has 9 nitrogen and oxygen atoms in total. The number of phenols is 1. The highest BCUT2D eigenvalue weighted by molar-refractivity contribution is 6.33. The van der Waals surface area contributed by atoms with E-state index in [4.69, 9.17) is 11.6 Å². The molecule has 1 amide bonds. The van der Waals surface area contributed by atoms with Crippen LogP contribution in [0.3, 0.4) is 0 Å². The number of aromatic hydroxyl groups is 1. The molecule has 0 aliphatic carbocycles. The molecule has 1 fully saturated rings. The Hall–Kier alpha value is -4.44. The van der Waals surface area contributed by atoms with Gasteiger partial charge < -0.3 is 20.2 Å². The number of phenolic OH excluding ortho intramolecular Hbond substituents is 1. The smallest absolute Gasteiger partial charge is 0.354 e. The number of benzene rings is 2. The SMILES string of the molecule is C=CC(=O)N1CC(C)N2c3nc(=O)n(-c4c(C)ccnc4C(C)C)c4cc(-c5c(O)cccc5Cl)c(F)c(c34)NCCC2C1. The van der Waals surface area contributed by atoms with E-state index in [1.165, 1.54) is 16.7 Å². The van der Waals surface area contributed by atoms with Crippen molar-refractivity contribution in [3.05, 3.63) is 81.8 Å². The number of amides is 1. The summed E-state index contributed by atoms with van der Waals surface area (Å²) in [5.41, 5.74) is 2.26. The summed E-state index contributed by atoms with van der Waals surface area (Å²) >= 11 is 6.54. The van der Waals surface area contributed by atoms with Crippen LogP contribution in [0.5, 0.6) is 5.75 Å². The molecule has 2 unspecified atom stereocenters. The Bertz CT molecular complexity index is 1870. The number of aryl methyl sites for hydroxylation is 1. The number of anilines is 2. The molecule has 0 bridgehead atoms. The van der Waals surface area contributed by atoms with E-state index in [2.05, 4.69) is 26.8 Å². The van der Waals surface area contributed by atoms with E-state index in [0.717, 1.165) is 5.56 Å². The van der Waals surface area contributed by atoms with Gasteiger partial charge in [-0.2, -0.15) is 4.98 Å². The van der Waals surface area contributed by atoms with Crippen LogP contribution < -0.4 is 15.9 Å². The number of carbonyl (C=O) groups excluding carboxylic acids is 1. The highest BCUT2D eigenvalue weighted by Gasteiger charge is 2.38. The maximum absolute atomic E-state index is 16.8. The van der Waals surface area contributed by atoms with Crippen molar-refractivity contribution in [1.29, 1.82) is 0 Å². The van der Waals surface area contributed by atoms with Crippen LogP contribution in [0.2, 0.25) is 5.02 Å². The van der Waals surface area contributed by atoms with Crippen molar-refractivity contribution in [2.45, 2.75) is 52.1 Å². The monoisotopic (exact) mass is 616 g/mol. The molecular formula is C33H34ClFN6O3. The van der Waals surface area contributed by atoms with Crippen molar-refractivity contribution in [2.75, 3.05) is 29.9 Å². The molecule has 2 aromatic carbocycles. The van der Waals surface area contributed by atoms with Crippen molar-refractivity contribution < 1.29 is 14.3 Å². The quantitative estimate of drug-likeness (QED) is 0.280. The van der Waals surface area contributed by atoms with E-state index in [1.807, 2.05) is 33.8 Å². The molecule has 0 spiro atoms. The van der Waals surface area contributed by atoms with Crippen LogP contribution in [0, 0.1) is 12.7 Å². The predicted molar refractivity (Wildman–Crippen MR) is 172 cm³/mol. The summed E-state index contributed by atoms with van der Waals surface area (Å²) in [7, 11) is 0. The first kappa shape index (κ1) is 29.6. The van der Waals surface area contributed by atoms with Gasteiger partial charge in [-0.25, -0.2) is 9.18 Å². The molecule has 44 heavy (non-hydrogen) atoms. The van der Waals surface area contributed by atoms with Gasteiger partial charge in [-0.15, -0.1) is 0 Å². The minimum atomic E-state index is -0.618. The lowest BCUT2D eigenvalue weighted by atomic mass is 9.96. The number of nitrogens with zero attached hydrogens (tertiary/aromatic N) is 5. The Morgan fingerprint density at radius 2 is 2.05 bits per heavy atom. The van der Waals surface area contributed by atoms with Crippen molar-refractivity contribution in [1.82, 2.24) is 19.4 Å². The third-order valence-corrected chi connectivity index (χ3v) is 8.90. The fourth-order valence-corrected chi connectivity index (χ4v) is 6.90. The third kappa shape index (κ3) is 4.68. The molecule has 2 aliphatic rings. The summed E-state index contributed by atoms with van der Waals surface area (Å²) in [5.74, 6) is -0.658. The number of hydrogen-bond donors (Lipinski definition) is 2. The summed E-state index contributed by atoms with van der Waals surface area (Å²) in [5, 5.41) is 14.7. The van der Waals surface area contributed by atoms with Gasteiger partial charge in [0.15, 0.2) is 5.82 Å². The molecule has 4 aromatic rings. The number of fused-ring (bicyclic) bond motifs is 2. The Balaban J connectivity index is 1.74. The normalized spacial score (nSPS) is 18.1. The zero-order chi connectivity index (χ0) is 31.4. The lowest BCUT2D eigenvalue weighted by molar-refractivity contribution is -0.127. The van der Waals surface area contributed by atoms with Gasteiger partial charge in [-0.1, -0.05) is 38.1 Å². The van der Waals surface area contributed by atoms with Crippen molar-refractivity contribution >= 4 is 39.9 Å². The number of halogens is 2. The maximum Gasteiger partial charge on any atom is 0.354 e. The van der Waals surface area contributed by atoms with Crippen LogP contribution in [0.15, 0.2) is 54.0 Å². The molecule has 2 N–H and O–H groups in total. The summed E-state index contributed by atoms with van der Waals surface area (Å²) in [6.45, 7) is 12.7. The van der Waals surface area contributed by atoms with Crippen LogP contribution in [0.1, 0.15) is 44.4 Å². The van der Waals surface area contributed by atoms with Gasteiger partial charge in [0.1, 0.15) is 11.6 Å². The van der Waals surface area contributed by atoms with E-state index in [9.17, 15) is 14.7 Å². The maximum atomic E-state index is 16.8. The number of piperazine rings is 1. The molecule has 6 rings (SSSR count). The largest absolute Gasteiger partial charge is 0.507 e. The van der Waals surface area contributed by atoms with Crippen LogP contribution >= 0.6 is 11.6 Å². The fourth-order valence-electron chi connectivity index (χ4n) is 6.63. The zero-order valence-corrected chi connectivity index (χ0v) is 25.8. The second kappa shape index (κ2) is 11.2. The number of hydrogen-bond acceptors (Lipinski definition) is 7. The van der Waals surface area contributed by atoms with Crippen LogP contribution in [-0.2, 0) is 4.79 Å². The topological polar surface area (TPSA) is 104 Å². The van der Waals surface area contributed by atoms with Gasteiger partial charge in [0.2, 0.25) is 5.91 Å². The molecule has 4 heterocycles. The Labute approximate surface area is 259 Å². The van der Waals surface area contributed by atoms with Crippen LogP contribution in [-0.4, -0.2) is 62.2 Å². The van der Waals surface area contributed by atoms with E-state index < -0.39 is 11.5 Å². The number of aromatic nitrogens is 3. The molecule has 228 valence electrons.